The first-order valence-corrected chi connectivity index (χ1v) is 24.0. The number of thiophene rings is 1. The van der Waals surface area contributed by atoms with Crippen LogP contribution in [0.5, 0.6) is 0 Å². The molecule has 0 saturated heterocycles. The Morgan fingerprint density at radius 1 is 0.485 bits per heavy atom. The van der Waals surface area contributed by atoms with E-state index in [0.29, 0.717) is 35.5 Å². The van der Waals surface area contributed by atoms with Gasteiger partial charge in [-0.2, -0.15) is 0 Å². The Bertz CT molecular complexity index is 3340. The Hall–Kier alpha value is -8.26. The Morgan fingerprint density at radius 2 is 0.926 bits per heavy atom. The molecule has 68 heavy (non-hydrogen) atoms. The van der Waals surface area contributed by atoms with Gasteiger partial charge < -0.3 is 0 Å². The van der Waals surface area contributed by atoms with Crippen molar-refractivity contribution in [1.29, 1.82) is 0 Å². The molecule has 0 fully saturated rings. The number of aromatic nitrogens is 6. The van der Waals surface area contributed by atoms with Crippen molar-refractivity contribution in [3.05, 3.63) is 240 Å². The molecule has 0 spiro atoms. The van der Waals surface area contributed by atoms with Gasteiger partial charge in [0.1, 0.15) is 5.82 Å². The van der Waals surface area contributed by atoms with Crippen LogP contribution < -0.4 is 0 Å². The number of rotatable bonds is 12. The summed E-state index contributed by atoms with van der Waals surface area (Å²) < 4.78 is 1.31. The normalized spacial score (nSPS) is 13.7. The van der Waals surface area contributed by atoms with E-state index in [4.69, 9.17) is 29.9 Å². The number of hydrogen-bond acceptors (Lipinski definition) is 7. The van der Waals surface area contributed by atoms with Gasteiger partial charge in [-0.1, -0.05) is 219 Å². The largest absolute Gasteiger partial charge is 0.213 e. The zero-order valence-corrected chi connectivity index (χ0v) is 38.4. The molecule has 0 bridgehead atoms. The van der Waals surface area contributed by atoms with Crippen LogP contribution in [-0.4, -0.2) is 29.9 Å². The molecular weight excluding hydrogens is 849 g/mol. The van der Waals surface area contributed by atoms with Crippen LogP contribution in [0.1, 0.15) is 47.5 Å². The minimum absolute atomic E-state index is 0.130. The second-order valence-corrected chi connectivity index (χ2v) is 17.9. The van der Waals surface area contributed by atoms with Gasteiger partial charge in [-0.3, -0.25) is 0 Å². The van der Waals surface area contributed by atoms with E-state index in [9.17, 15) is 0 Å². The van der Waals surface area contributed by atoms with Crippen LogP contribution in [0, 0.1) is 0 Å². The highest BCUT2D eigenvalue weighted by atomic mass is 32.1. The molecule has 7 aromatic carbocycles. The summed E-state index contributed by atoms with van der Waals surface area (Å²) >= 11 is 1.93. The maximum Gasteiger partial charge on any atom is 0.164 e. The van der Waals surface area contributed by atoms with E-state index in [1.54, 1.807) is 0 Å². The van der Waals surface area contributed by atoms with E-state index in [-0.39, 0.29) is 5.92 Å². The summed E-state index contributed by atoms with van der Waals surface area (Å²) in [6.45, 7) is 2.23. The number of nitrogens with zero attached hydrogens (tertiary/aromatic N) is 6. The lowest BCUT2D eigenvalue weighted by atomic mass is 9.80. The summed E-state index contributed by atoms with van der Waals surface area (Å²) in [5.74, 6) is 4.15. The van der Waals surface area contributed by atoms with Gasteiger partial charge in [-0.15, -0.1) is 11.3 Å². The van der Waals surface area contributed by atoms with Crippen molar-refractivity contribution in [3.63, 3.8) is 0 Å². The summed E-state index contributed by atoms with van der Waals surface area (Å²) in [5.41, 5.74) is 12.3. The third-order valence-corrected chi connectivity index (χ3v) is 13.7. The second-order valence-electron chi connectivity index (χ2n) is 16.8. The minimum Gasteiger partial charge on any atom is -0.213 e. The van der Waals surface area contributed by atoms with Gasteiger partial charge in [0.15, 0.2) is 29.1 Å². The molecule has 1 atom stereocenters. The van der Waals surface area contributed by atoms with Crippen LogP contribution in [0.15, 0.2) is 218 Å². The summed E-state index contributed by atoms with van der Waals surface area (Å²) in [5, 5.41) is 1.28. The van der Waals surface area contributed by atoms with Gasteiger partial charge in [0.25, 0.3) is 0 Å². The predicted octanol–water partition coefficient (Wildman–Crippen LogP) is 15.4. The van der Waals surface area contributed by atoms with E-state index in [0.717, 1.165) is 46.5 Å². The lowest BCUT2D eigenvalue weighted by Gasteiger charge is -2.25. The zero-order valence-electron chi connectivity index (χ0n) is 37.6. The SMILES string of the molecule is CC/C=C(\C=C/Cc1nc(-c2ccccc2)nc(-c2ccccc2)n1)C1CC(c2ccc(-c3nc(-c4ccccc4)nc(-c4ccccc4)n3)cc2)=Cc2c1sc1c(-c3ccccc3)cccc21. The van der Waals surface area contributed by atoms with Crippen LogP contribution >= 0.6 is 11.3 Å². The molecule has 326 valence electrons. The Kier molecular flexibility index (Phi) is 12.0. The average molecular weight is 895 g/mol. The maximum atomic E-state index is 5.02. The monoisotopic (exact) mass is 894 g/mol. The standard InChI is InChI=1S/C61H46N6S/c1-2-20-42(31-18-34-54-62-57(44-23-10-4-11-24-44)64-58(63-54)45-25-12-5-13-26-45)52-39-49(40-53-51-33-19-32-50(55(51)68-56(52)53)43-21-8-3-9-22-43)41-35-37-48(38-36-41)61-66-59(46-27-14-6-15-28-46)65-60(67-61)47-29-16-7-17-30-47/h3-33,35-38,40,52H,2,34,39H2,1H3/b31-18-,42-20+. The molecule has 0 aliphatic heterocycles. The molecule has 0 amide bonds. The zero-order chi connectivity index (χ0) is 45.7. The van der Waals surface area contributed by atoms with E-state index in [2.05, 4.69) is 128 Å². The number of fused-ring (bicyclic) bond motifs is 3. The topological polar surface area (TPSA) is 77.3 Å². The summed E-state index contributed by atoms with van der Waals surface area (Å²) in [6, 6.07) is 66.9. The van der Waals surface area contributed by atoms with Gasteiger partial charge in [0.2, 0.25) is 0 Å². The molecular formula is C61H46N6S. The molecule has 1 aliphatic rings. The van der Waals surface area contributed by atoms with Crippen molar-refractivity contribution >= 4 is 33.1 Å². The van der Waals surface area contributed by atoms with Crippen molar-refractivity contribution in [2.75, 3.05) is 0 Å². The molecule has 10 aromatic rings. The highest BCUT2D eigenvalue weighted by Gasteiger charge is 2.29. The molecule has 3 heterocycles. The van der Waals surface area contributed by atoms with E-state index in [1.165, 1.54) is 48.4 Å². The lowest BCUT2D eigenvalue weighted by molar-refractivity contribution is 0.842. The van der Waals surface area contributed by atoms with Crippen molar-refractivity contribution in [2.24, 2.45) is 0 Å². The third-order valence-electron chi connectivity index (χ3n) is 12.3. The highest BCUT2D eigenvalue weighted by Crippen LogP contribution is 2.50. The van der Waals surface area contributed by atoms with Crippen LogP contribution in [0.25, 0.3) is 89.8 Å². The van der Waals surface area contributed by atoms with Crippen LogP contribution in [0.4, 0.5) is 0 Å². The minimum atomic E-state index is 0.130. The van der Waals surface area contributed by atoms with E-state index < -0.39 is 0 Å². The first-order chi connectivity index (χ1) is 33.6. The smallest absolute Gasteiger partial charge is 0.164 e. The van der Waals surface area contributed by atoms with Crippen LogP contribution in [-0.2, 0) is 6.42 Å². The highest BCUT2D eigenvalue weighted by molar-refractivity contribution is 7.20. The first-order valence-electron chi connectivity index (χ1n) is 23.2. The first kappa shape index (κ1) is 42.4. The number of hydrogen-bond donors (Lipinski definition) is 0. The number of allylic oxidation sites excluding steroid dienone is 5. The third kappa shape index (κ3) is 8.87. The number of benzene rings is 7. The Labute approximate surface area is 400 Å². The van der Waals surface area contributed by atoms with Crippen molar-refractivity contribution in [3.8, 4) is 68.1 Å². The summed E-state index contributed by atoms with van der Waals surface area (Å²) in [4.78, 5) is 31.2. The molecule has 1 unspecified atom stereocenters. The van der Waals surface area contributed by atoms with Gasteiger partial charge >= 0.3 is 0 Å². The van der Waals surface area contributed by atoms with Crippen molar-refractivity contribution in [1.82, 2.24) is 29.9 Å². The van der Waals surface area contributed by atoms with Crippen LogP contribution in [0.2, 0.25) is 0 Å². The summed E-state index contributed by atoms with van der Waals surface area (Å²) in [6.07, 6.45) is 11.7. The molecule has 0 N–H and O–H groups in total. The fourth-order valence-electron chi connectivity index (χ4n) is 9.00. The maximum absolute atomic E-state index is 5.02. The van der Waals surface area contributed by atoms with E-state index >= 15 is 0 Å². The molecule has 6 nitrogen and oxygen atoms in total. The second kappa shape index (κ2) is 19.3. The van der Waals surface area contributed by atoms with Crippen molar-refractivity contribution in [2.45, 2.75) is 32.1 Å². The Balaban J connectivity index is 0.971. The Morgan fingerprint density at radius 3 is 1.41 bits per heavy atom. The average Bonchev–Trinajstić information content (AvgIpc) is 3.80. The molecule has 0 saturated carbocycles. The van der Waals surface area contributed by atoms with Gasteiger partial charge in [-0.25, -0.2) is 29.9 Å². The molecule has 3 aromatic heterocycles. The summed E-state index contributed by atoms with van der Waals surface area (Å²) in [7, 11) is 0. The molecule has 1 aliphatic carbocycles. The fraction of sp³-hybridized carbons (Fsp3) is 0.0820. The predicted molar refractivity (Wildman–Crippen MR) is 281 cm³/mol. The fourth-order valence-corrected chi connectivity index (χ4v) is 10.4. The van der Waals surface area contributed by atoms with Gasteiger partial charge in [0, 0.05) is 55.1 Å². The van der Waals surface area contributed by atoms with Gasteiger partial charge in [0.05, 0.1) is 0 Å². The van der Waals surface area contributed by atoms with Gasteiger partial charge in [-0.05, 0) is 52.3 Å². The molecule has 7 heteroatoms. The van der Waals surface area contributed by atoms with E-state index in [1.807, 2.05) is 108 Å². The van der Waals surface area contributed by atoms with Crippen molar-refractivity contribution < 1.29 is 0 Å². The quantitative estimate of drug-likeness (QED) is 0.114. The lowest BCUT2D eigenvalue weighted by Crippen LogP contribution is -2.07. The van der Waals surface area contributed by atoms with Crippen LogP contribution in [0.3, 0.4) is 0 Å². The molecule has 11 rings (SSSR count). The molecule has 0 radical (unpaired) electrons.